The van der Waals surface area contributed by atoms with Crippen molar-refractivity contribution in [2.75, 3.05) is 20.8 Å². The van der Waals surface area contributed by atoms with Crippen LogP contribution in [-0.2, 0) is 25.6 Å². The van der Waals surface area contributed by atoms with E-state index in [1.165, 1.54) is 14.2 Å². The number of carbonyl (C=O) groups excluding carboxylic acids is 2. The highest BCUT2D eigenvalue weighted by Crippen LogP contribution is 2.01. The Balaban J connectivity index is 2.42. The Kier molecular flexibility index (Phi) is 5.16. The van der Waals surface area contributed by atoms with Gasteiger partial charge in [0.2, 0.25) is 0 Å². The van der Waals surface area contributed by atoms with Gasteiger partial charge >= 0.3 is 5.97 Å². The first-order valence-electron chi connectivity index (χ1n) is 5.13. The van der Waals surface area contributed by atoms with E-state index in [4.69, 9.17) is 4.84 Å². The molecule has 0 unspecified atom stereocenters. The molecule has 1 rings (SSSR count). The summed E-state index contributed by atoms with van der Waals surface area (Å²) in [5.41, 5.74) is 0.838. The lowest BCUT2D eigenvalue weighted by Crippen LogP contribution is -2.33. The molecular formula is C12H15NO4. The van der Waals surface area contributed by atoms with Crippen molar-refractivity contribution in [1.29, 1.82) is 0 Å². The smallest absolute Gasteiger partial charge is 0.336 e. The van der Waals surface area contributed by atoms with Gasteiger partial charge in [0.05, 0.1) is 6.42 Å². The highest BCUT2D eigenvalue weighted by atomic mass is 16.7. The zero-order chi connectivity index (χ0) is 12.7. The van der Waals surface area contributed by atoms with Gasteiger partial charge in [0.15, 0.2) is 0 Å². The van der Waals surface area contributed by atoms with Gasteiger partial charge in [0.25, 0.3) is 5.91 Å². The zero-order valence-corrected chi connectivity index (χ0v) is 9.88. The molecular weight excluding hydrogens is 222 g/mol. The third-order valence-electron chi connectivity index (χ3n) is 2.05. The van der Waals surface area contributed by atoms with Crippen LogP contribution in [0.2, 0.25) is 0 Å². The van der Waals surface area contributed by atoms with E-state index in [1.807, 2.05) is 30.3 Å². The van der Waals surface area contributed by atoms with Crippen LogP contribution in [0.1, 0.15) is 5.56 Å². The van der Waals surface area contributed by atoms with Gasteiger partial charge in [-0.25, -0.2) is 4.79 Å². The molecule has 0 saturated heterocycles. The monoisotopic (exact) mass is 237 g/mol. The van der Waals surface area contributed by atoms with Crippen molar-refractivity contribution in [3.05, 3.63) is 35.9 Å². The van der Waals surface area contributed by atoms with Gasteiger partial charge in [-0.05, 0) is 5.56 Å². The van der Waals surface area contributed by atoms with Crippen molar-refractivity contribution in [1.82, 2.24) is 5.06 Å². The fourth-order valence-electron chi connectivity index (χ4n) is 1.21. The minimum absolute atomic E-state index is 0.116. The SMILES string of the molecule is COCC(=O)N(C)OC(=O)Cc1ccccc1. The third kappa shape index (κ3) is 4.65. The third-order valence-corrected chi connectivity index (χ3v) is 2.05. The maximum absolute atomic E-state index is 11.5. The molecule has 0 aliphatic rings. The summed E-state index contributed by atoms with van der Waals surface area (Å²) in [5, 5.41) is 0.884. The lowest BCUT2D eigenvalue weighted by molar-refractivity contribution is -0.194. The molecule has 0 bridgehead atoms. The first kappa shape index (κ1) is 13.2. The largest absolute Gasteiger partial charge is 0.375 e. The first-order valence-corrected chi connectivity index (χ1v) is 5.13. The first-order chi connectivity index (χ1) is 8.13. The average molecular weight is 237 g/mol. The Morgan fingerprint density at radius 2 is 1.88 bits per heavy atom. The molecule has 0 aromatic heterocycles. The summed E-state index contributed by atoms with van der Waals surface area (Å²) in [6, 6.07) is 9.17. The van der Waals surface area contributed by atoms with Gasteiger partial charge in [-0.1, -0.05) is 30.3 Å². The number of hydroxylamine groups is 2. The van der Waals surface area contributed by atoms with Crippen molar-refractivity contribution in [2.45, 2.75) is 6.42 Å². The van der Waals surface area contributed by atoms with Gasteiger partial charge in [0, 0.05) is 14.2 Å². The number of ether oxygens (including phenoxy) is 1. The molecule has 17 heavy (non-hydrogen) atoms. The lowest BCUT2D eigenvalue weighted by Gasteiger charge is -2.15. The van der Waals surface area contributed by atoms with E-state index in [0.717, 1.165) is 10.6 Å². The molecule has 5 heteroatoms. The predicted molar refractivity (Wildman–Crippen MR) is 60.9 cm³/mol. The van der Waals surface area contributed by atoms with E-state index in [9.17, 15) is 9.59 Å². The summed E-state index contributed by atoms with van der Waals surface area (Å²) in [6.07, 6.45) is 0.130. The number of carbonyl (C=O) groups is 2. The molecule has 0 heterocycles. The summed E-state index contributed by atoms with van der Waals surface area (Å²) in [5.74, 6) is -0.892. The highest BCUT2D eigenvalue weighted by molar-refractivity contribution is 5.79. The van der Waals surface area contributed by atoms with Crippen LogP contribution in [0.4, 0.5) is 0 Å². The Bertz CT molecular complexity index is 377. The number of likely N-dealkylation sites (N-methyl/N-ethyl adjacent to an activating group) is 1. The second kappa shape index (κ2) is 6.65. The van der Waals surface area contributed by atoms with Gasteiger partial charge < -0.3 is 9.57 Å². The highest BCUT2D eigenvalue weighted by Gasteiger charge is 2.14. The van der Waals surface area contributed by atoms with Crippen LogP contribution in [0.3, 0.4) is 0 Å². The molecule has 1 aromatic carbocycles. The van der Waals surface area contributed by atoms with E-state index < -0.39 is 11.9 Å². The van der Waals surface area contributed by atoms with Crippen LogP contribution >= 0.6 is 0 Å². The number of hydrogen-bond donors (Lipinski definition) is 0. The Morgan fingerprint density at radius 3 is 2.47 bits per heavy atom. The number of methoxy groups -OCH3 is 1. The minimum atomic E-state index is -0.483. The quantitative estimate of drug-likeness (QED) is 0.726. The van der Waals surface area contributed by atoms with E-state index in [2.05, 4.69) is 4.74 Å². The van der Waals surface area contributed by atoms with Crippen LogP contribution < -0.4 is 0 Å². The van der Waals surface area contributed by atoms with Gasteiger partial charge in [0.1, 0.15) is 6.61 Å². The van der Waals surface area contributed by atoms with Crippen molar-refractivity contribution < 1.29 is 19.2 Å². The summed E-state index contributed by atoms with van der Waals surface area (Å²) >= 11 is 0. The minimum Gasteiger partial charge on any atom is -0.375 e. The standard InChI is InChI=1S/C12H15NO4/c1-13(11(14)9-16-2)17-12(15)8-10-6-4-3-5-7-10/h3-7H,8-9H2,1-2H3. The normalized spacial score (nSPS) is 9.76. The van der Waals surface area contributed by atoms with Crippen LogP contribution in [0.15, 0.2) is 30.3 Å². The fraction of sp³-hybridized carbons (Fsp3) is 0.333. The molecule has 0 saturated carbocycles. The predicted octanol–water partition coefficient (Wildman–Crippen LogP) is 0.792. The number of amides is 1. The van der Waals surface area contributed by atoms with Crippen molar-refractivity contribution in [3.8, 4) is 0 Å². The van der Waals surface area contributed by atoms with Crippen molar-refractivity contribution in [3.63, 3.8) is 0 Å². The summed E-state index contributed by atoms with van der Waals surface area (Å²) in [4.78, 5) is 27.6. The molecule has 0 N–H and O–H groups in total. The topological polar surface area (TPSA) is 55.8 Å². The van der Waals surface area contributed by atoms with Crippen molar-refractivity contribution in [2.24, 2.45) is 0 Å². The molecule has 0 aliphatic heterocycles. The molecule has 5 nitrogen and oxygen atoms in total. The number of hydrogen-bond acceptors (Lipinski definition) is 4. The van der Waals surface area contributed by atoms with Gasteiger partial charge in [-0.3, -0.25) is 4.79 Å². The number of benzene rings is 1. The van der Waals surface area contributed by atoms with E-state index in [1.54, 1.807) is 0 Å². The van der Waals surface area contributed by atoms with Crippen LogP contribution in [0.5, 0.6) is 0 Å². The summed E-state index contributed by atoms with van der Waals surface area (Å²) < 4.78 is 4.64. The number of rotatable bonds is 4. The average Bonchev–Trinajstić information content (AvgIpc) is 2.30. The van der Waals surface area contributed by atoms with E-state index in [-0.39, 0.29) is 13.0 Å². The summed E-state index contributed by atoms with van der Waals surface area (Å²) in [6.45, 7) is -0.116. The second-order valence-electron chi connectivity index (χ2n) is 3.45. The number of nitrogens with zero attached hydrogens (tertiary/aromatic N) is 1. The Morgan fingerprint density at radius 1 is 1.24 bits per heavy atom. The molecule has 0 atom stereocenters. The maximum atomic E-state index is 11.5. The Hall–Kier alpha value is -1.88. The molecule has 0 spiro atoms. The molecule has 0 fully saturated rings. The molecule has 0 radical (unpaired) electrons. The Labute approximate surface area is 99.9 Å². The van der Waals surface area contributed by atoms with E-state index in [0.29, 0.717) is 0 Å². The fourth-order valence-corrected chi connectivity index (χ4v) is 1.21. The molecule has 1 aromatic rings. The maximum Gasteiger partial charge on any atom is 0.336 e. The van der Waals surface area contributed by atoms with Crippen LogP contribution in [-0.4, -0.2) is 37.7 Å². The van der Waals surface area contributed by atoms with Gasteiger partial charge in [-0.2, -0.15) is 5.06 Å². The second-order valence-corrected chi connectivity index (χ2v) is 3.45. The van der Waals surface area contributed by atoms with E-state index >= 15 is 0 Å². The zero-order valence-electron chi connectivity index (χ0n) is 9.88. The van der Waals surface area contributed by atoms with Crippen LogP contribution in [0.25, 0.3) is 0 Å². The molecule has 0 aliphatic carbocycles. The molecule has 92 valence electrons. The van der Waals surface area contributed by atoms with Crippen molar-refractivity contribution >= 4 is 11.9 Å². The lowest BCUT2D eigenvalue weighted by atomic mass is 10.2. The molecule has 1 amide bonds. The summed E-state index contributed by atoms with van der Waals surface area (Å²) in [7, 11) is 2.78. The van der Waals surface area contributed by atoms with Gasteiger partial charge in [-0.15, -0.1) is 0 Å². The van der Waals surface area contributed by atoms with Crippen LogP contribution in [0, 0.1) is 0 Å².